The number of nitrogens with one attached hydrogen (secondary N) is 1. The molecule has 320 valence electrons. The summed E-state index contributed by atoms with van der Waals surface area (Å²) in [6, 6.07) is -0.811. The average molecular weight is 762 g/mol. The summed E-state index contributed by atoms with van der Waals surface area (Å²) in [4.78, 5) is 12.5. The predicted molar refractivity (Wildman–Crippen MR) is 236 cm³/mol. The van der Waals surface area contributed by atoms with Crippen LogP contribution in [0.2, 0.25) is 0 Å². The first kappa shape index (κ1) is 52.8. The summed E-state index contributed by atoms with van der Waals surface area (Å²) in [7, 11) is 0. The Labute approximate surface area is 337 Å². The van der Waals surface area contributed by atoms with Crippen molar-refractivity contribution >= 4 is 5.91 Å². The second-order valence-electron chi connectivity index (χ2n) is 16.7. The number of carbonyl (C=O) groups is 1. The first-order chi connectivity index (χ1) is 26.6. The van der Waals surface area contributed by atoms with E-state index in [1.165, 1.54) is 199 Å². The fourth-order valence-corrected chi connectivity index (χ4v) is 7.50. The Balaban J connectivity index is 3.64. The molecule has 5 heteroatoms. The van der Waals surface area contributed by atoms with Crippen molar-refractivity contribution in [2.75, 3.05) is 6.61 Å². The molecule has 0 saturated carbocycles. The number of hydrogen-bond donors (Lipinski definition) is 4. The summed E-state index contributed by atoms with van der Waals surface area (Å²) in [6.07, 6.45) is 55.1. The van der Waals surface area contributed by atoms with Crippen LogP contribution in [0.4, 0.5) is 0 Å². The van der Waals surface area contributed by atoms with Gasteiger partial charge in [0.25, 0.3) is 0 Å². The molecule has 5 nitrogen and oxygen atoms in total. The van der Waals surface area contributed by atoms with Gasteiger partial charge in [0.15, 0.2) is 0 Å². The third kappa shape index (κ3) is 39.1. The molecule has 1 amide bonds. The van der Waals surface area contributed by atoms with Crippen molar-refractivity contribution in [1.29, 1.82) is 0 Å². The number of aliphatic hydroxyl groups excluding tert-OH is 3. The largest absolute Gasteiger partial charge is 0.394 e. The van der Waals surface area contributed by atoms with E-state index in [4.69, 9.17) is 0 Å². The van der Waals surface area contributed by atoms with Crippen LogP contribution < -0.4 is 5.32 Å². The lowest BCUT2D eigenvalue weighted by molar-refractivity contribution is -0.131. The van der Waals surface area contributed by atoms with E-state index in [-0.39, 0.29) is 6.61 Å². The molecule has 0 aromatic rings. The molecule has 0 bridgehead atoms. The lowest BCUT2D eigenvalue weighted by atomic mass is 10.0. The number of hydrogen-bond acceptors (Lipinski definition) is 4. The quantitative estimate of drug-likeness (QED) is 0.0368. The molecule has 0 heterocycles. The highest BCUT2D eigenvalue weighted by atomic mass is 16.3. The zero-order valence-corrected chi connectivity index (χ0v) is 36.4. The number of rotatable bonds is 44. The average Bonchev–Trinajstić information content (AvgIpc) is 3.18. The molecule has 3 atom stereocenters. The standard InChI is InChI=1S/C49H95NO4/c1-3-5-7-9-11-13-15-17-19-21-22-23-24-25-26-27-28-30-31-33-35-37-39-41-43-47(52)46(45-51)50-49(54)48(53)44-42-40-38-36-34-32-29-20-18-16-14-12-10-8-6-4-2/h33,35,41,43,46-48,51-53H,3-32,34,36-40,42,44-45H2,1-2H3,(H,50,54)/b35-33+,43-41+. The summed E-state index contributed by atoms with van der Waals surface area (Å²) in [5.74, 6) is -0.509. The van der Waals surface area contributed by atoms with E-state index < -0.39 is 24.2 Å². The van der Waals surface area contributed by atoms with Crippen molar-refractivity contribution in [1.82, 2.24) is 5.32 Å². The van der Waals surface area contributed by atoms with Crippen molar-refractivity contribution in [3.8, 4) is 0 Å². The second kappa shape index (κ2) is 44.5. The second-order valence-corrected chi connectivity index (χ2v) is 16.7. The van der Waals surface area contributed by atoms with Gasteiger partial charge in [-0.05, 0) is 32.1 Å². The maximum Gasteiger partial charge on any atom is 0.249 e. The van der Waals surface area contributed by atoms with Crippen LogP contribution in [0.15, 0.2) is 24.3 Å². The molecule has 0 fully saturated rings. The molecule has 54 heavy (non-hydrogen) atoms. The Hall–Kier alpha value is -1.17. The highest BCUT2D eigenvalue weighted by Gasteiger charge is 2.22. The highest BCUT2D eigenvalue weighted by Crippen LogP contribution is 2.16. The monoisotopic (exact) mass is 762 g/mol. The number of allylic oxidation sites excluding steroid dienone is 3. The Morgan fingerprint density at radius 3 is 1.13 bits per heavy atom. The van der Waals surface area contributed by atoms with Crippen molar-refractivity contribution in [3.63, 3.8) is 0 Å². The molecule has 0 saturated heterocycles. The van der Waals surface area contributed by atoms with Crippen LogP contribution in [-0.4, -0.2) is 46.1 Å². The molecule has 0 rings (SSSR count). The maximum atomic E-state index is 12.5. The molecule has 0 aliphatic carbocycles. The zero-order chi connectivity index (χ0) is 39.4. The van der Waals surface area contributed by atoms with Crippen molar-refractivity contribution in [2.45, 2.75) is 276 Å². The van der Waals surface area contributed by atoms with E-state index in [9.17, 15) is 20.1 Å². The van der Waals surface area contributed by atoms with Crippen LogP contribution >= 0.6 is 0 Å². The fourth-order valence-electron chi connectivity index (χ4n) is 7.50. The first-order valence-corrected chi connectivity index (χ1v) is 24.2. The van der Waals surface area contributed by atoms with Crippen molar-refractivity contribution in [3.05, 3.63) is 24.3 Å². The number of unbranched alkanes of at least 4 members (excludes halogenated alkanes) is 34. The van der Waals surface area contributed by atoms with E-state index in [0.717, 1.165) is 38.5 Å². The van der Waals surface area contributed by atoms with Gasteiger partial charge in [-0.2, -0.15) is 0 Å². The van der Waals surface area contributed by atoms with Gasteiger partial charge in [-0.3, -0.25) is 4.79 Å². The Morgan fingerprint density at radius 1 is 0.444 bits per heavy atom. The van der Waals surface area contributed by atoms with Crippen LogP contribution in [0.25, 0.3) is 0 Å². The van der Waals surface area contributed by atoms with Crippen LogP contribution in [-0.2, 0) is 4.79 Å². The normalized spacial score (nSPS) is 13.6. The van der Waals surface area contributed by atoms with Gasteiger partial charge in [-0.1, -0.05) is 250 Å². The lowest BCUT2D eigenvalue weighted by Crippen LogP contribution is -2.48. The van der Waals surface area contributed by atoms with Gasteiger partial charge in [0.05, 0.1) is 18.8 Å². The van der Waals surface area contributed by atoms with Gasteiger partial charge in [0.2, 0.25) is 5.91 Å². The van der Waals surface area contributed by atoms with Gasteiger partial charge in [0.1, 0.15) is 6.10 Å². The smallest absolute Gasteiger partial charge is 0.249 e. The summed E-state index contributed by atoms with van der Waals surface area (Å²) in [5.41, 5.74) is 0. The molecule has 0 aliphatic heterocycles. The predicted octanol–water partition coefficient (Wildman–Crippen LogP) is 14.2. The van der Waals surface area contributed by atoms with E-state index in [0.29, 0.717) is 6.42 Å². The van der Waals surface area contributed by atoms with Gasteiger partial charge in [-0.15, -0.1) is 0 Å². The zero-order valence-electron chi connectivity index (χ0n) is 36.4. The lowest BCUT2D eigenvalue weighted by Gasteiger charge is -2.21. The first-order valence-electron chi connectivity index (χ1n) is 24.2. The van der Waals surface area contributed by atoms with E-state index in [1.54, 1.807) is 6.08 Å². The molecule has 0 aromatic heterocycles. The third-order valence-electron chi connectivity index (χ3n) is 11.3. The molecular weight excluding hydrogens is 667 g/mol. The summed E-state index contributed by atoms with van der Waals surface area (Å²) in [6.45, 7) is 4.19. The number of amides is 1. The minimum absolute atomic E-state index is 0.373. The fraction of sp³-hybridized carbons (Fsp3) is 0.898. The summed E-state index contributed by atoms with van der Waals surface area (Å²) >= 11 is 0. The van der Waals surface area contributed by atoms with Crippen LogP contribution in [0.3, 0.4) is 0 Å². The van der Waals surface area contributed by atoms with Gasteiger partial charge < -0.3 is 20.6 Å². The Morgan fingerprint density at radius 2 is 0.759 bits per heavy atom. The summed E-state index contributed by atoms with van der Waals surface area (Å²) < 4.78 is 0. The summed E-state index contributed by atoms with van der Waals surface area (Å²) in [5, 5.41) is 33.2. The minimum Gasteiger partial charge on any atom is -0.394 e. The molecule has 4 N–H and O–H groups in total. The minimum atomic E-state index is -1.10. The molecule has 0 aromatic carbocycles. The van der Waals surface area contributed by atoms with Crippen molar-refractivity contribution in [2.24, 2.45) is 0 Å². The molecule has 0 radical (unpaired) electrons. The molecule has 3 unspecified atom stereocenters. The number of carbonyl (C=O) groups excluding carboxylic acids is 1. The Bertz CT molecular complexity index is 799. The molecule has 0 spiro atoms. The van der Waals surface area contributed by atoms with Gasteiger partial charge >= 0.3 is 0 Å². The molecular formula is C49H95NO4. The Kier molecular flexibility index (Phi) is 43.6. The van der Waals surface area contributed by atoms with Crippen LogP contribution in [0, 0.1) is 0 Å². The topological polar surface area (TPSA) is 89.8 Å². The maximum absolute atomic E-state index is 12.5. The van der Waals surface area contributed by atoms with Crippen LogP contribution in [0.1, 0.15) is 258 Å². The SMILES string of the molecule is CCCCCCCCCCCCCCCCCCCC/C=C/CC/C=C/C(O)C(CO)NC(=O)C(O)CCCCCCCCCCCCCCCCCC. The van der Waals surface area contributed by atoms with Gasteiger partial charge in [-0.25, -0.2) is 0 Å². The number of aliphatic hydroxyl groups is 3. The van der Waals surface area contributed by atoms with Gasteiger partial charge in [0, 0.05) is 0 Å². The van der Waals surface area contributed by atoms with Crippen molar-refractivity contribution < 1.29 is 20.1 Å². The highest BCUT2D eigenvalue weighted by molar-refractivity contribution is 5.80. The van der Waals surface area contributed by atoms with E-state index in [1.807, 2.05) is 6.08 Å². The third-order valence-corrected chi connectivity index (χ3v) is 11.3. The molecule has 0 aliphatic rings. The van der Waals surface area contributed by atoms with E-state index >= 15 is 0 Å². The van der Waals surface area contributed by atoms with Crippen LogP contribution in [0.5, 0.6) is 0 Å². The van der Waals surface area contributed by atoms with E-state index in [2.05, 4.69) is 31.3 Å².